The van der Waals surface area contributed by atoms with Crippen LogP contribution in [0.15, 0.2) is 24.3 Å². The van der Waals surface area contributed by atoms with Crippen molar-refractivity contribution >= 4 is 0 Å². The monoisotopic (exact) mass is 335 g/mol. The van der Waals surface area contributed by atoms with Crippen LogP contribution >= 0.6 is 0 Å². The Morgan fingerprint density at radius 2 is 2.00 bits per heavy atom. The number of para-hydroxylation sites is 2. The third-order valence-corrected chi connectivity index (χ3v) is 5.06. The van der Waals surface area contributed by atoms with E-state index >= 15 is 0 Å². The maximum atomic E-state index is 10.3. The van der Waals surface area contributed by atoms with Gasteiger partial charge in [-0.1, -0.05) is 12.1 Å². The summed E-state index contributed by atoms with van der Waals surface area (Å²) in [5.41, 5.74) is 0. The molecule has 3 rings (SSSR count). The fourth-order valence-corrected chi connectivity index (χ4v) is 3.85. The van der Waals surface area contributed by atoms with Gasteiger partial charge in [-0.05, 0) is 44.9 Å². The predicted molar refractivity (Wildman–Crippen MR) is 92.6 cm³/mol. The second kappa shape index (κ2) is 8.70. The number of benzene rings is 1. The average molecular weight is 335 g/mol. The van der Waals surface area contributed by atoms with Crippen molar-refractivity contribution in [3.05, 3.63) is 24.3 Å². The fraction of sp³-hybridized carbons (Fsp3) is 0.684. The van der Waals surface area contributed by atoms with Gasteiger partial charge in [0.2, 0.25) is 0 Å². The topological polar surface area (TPSA) is 51.2 Å². The second-order valence-electron chi connectivity index (χ2n) is 6.57. The van der Waals surface area contributed by atoms with E-state index in [2.05, 4.69) is 4.90 Å². The van der Waals surface area contributed by atoms with Gasteiger partial charge in [-0.3, -0.25) is 4.90 Å². The summed E-state index contributed by atoms with van der Waals surface area (Å²) in [7, 11) is 0. The van der Waals surface area contributed by atoms with E-state index in [1.54, 1.807) is 0 Å². The number of nitrogens with zero attached hydrogens (tertiary/aromatic N) is 1. The first-order valence-electron chi connectivity index (χ1n) is 9.14. The lowest BCUT2D eigenvalue weighted by Gasteiger charge is -2.37. The Hall–Kier alpha value is -1.30. The highest BCUT2D eigenvalue weighted by Crippen LogP contribution is 2.30. The summed E-state index contributed by atoms with van der Waals surface area (Å²) in [6.45, 7) is 6.54. The van der Waals surface area contributed by atoms with Crippen LogP contribution in [-0.4, -0.2) is 61.7 Å². The van der Waals surface area contributed by atoms with Crippen LogP contribution in [0.2, 0.25) is 0 Å². The van der Waals surface area contributed by atoms with Crippen molar-refractivity contribution in [2.75, 3.05) is 39.5 Å². The average Bonchev–Trinajstić information content (AvgIpc) is 3.05. The summed E-state index contributed by atoms with van der Waals surface area (Å²) in [6, 6.07) is 8.22. The Labute approximate surface area is 144 Å². The van der Waals surface area contributed by atoms with Crippen LogP contribution < -0.4 is 9.47 Å². The van der Waals surface area contributed by atoms with Gasteiger partial charge >= 0.3 is 0 Å². The van der Waals surface area contributed by atoms with Crippen molar-refractivity contribution in [2.24, 2.45) is 5.92 Å². The molecule has 1 aromatic rings. The van der Waals surface area contributed by atoms with Gasteiger partial charge in [0, 0.05) is 25.1 Å². The molecule has 2 heterocycles. The summed E-state index contributed by atoms with van der Waals surface area (Å²) in [5.74, 6) is 1.84. The van der Waals surface area contributed by atoms with E-state index in [1.165, 1.54) is 6.42 Å². The maximum Gasteiger partial charge on any atom is 0.161 e. The number of aliphatic hydroxyl groups excluding tert-OH is 1. The summed E-state index contributed by atoms with van der Waals surface area (Å²) in [6.07, 6.45) is 2.85. The van der Waals surface area contributed by atoms with Crippen LogP contribution in [-0.2, 0) is 4.74 Å². The minimum atomic E-state index is -0.232. The molecule has 0 aromatic heterocycles. The summed E-state index contributed by atoms with van der Waals surface area (Å²) in [5, 5.41) is 10.3. The molecule has 3 atom stereocenters. The van der Waals surface area contributed by atoms with Crippen LogP contribution in [0.1, 0.15) is 26.2 Å². The lowest BCUT2D eigenvalue weighted by molar-refractivity contribution is -0.0634. The first-order chi connectivity index (χ1) is 11.8. The molecular weight excluding hydrogens is 306 g/mol. The lowest BCUT2D eigenvalue weighted by Crippen LogP contribution is -2.47. The quantitative estimate of drug-likeness (QED) is 0.829. The predicted octanol–water partition coefficient (Wildman–Crippen LogP) is 2.33. The molecule has 0 spiro atoms. The fourth-order valence-electron chi connectivity index (χ4n) is 3.85. The van der Waals surface area contributed by atoms with E-state index in [0.717, 1.165) is 37.4 Å². The first-order valence-corrected chi connectivity index (χ1v) is 9.14. The molecule has 2 fully saturated rings. The maximum absolute atomic E-state index is 10.3. The zero-order valence-corrected chi connectivity index (χ0v) is 14.5. The van der Waals surface area contributed by atoms with Crippen LogP contribution in [0.4, 0.5) is 0 Å². The number of aliphatic hydroxyl groups is 1. The molecular formula is C19H29NO4. The highest BCUT2D eigenvalue weighted by atomic mass is 16.5. The van der Waals surface area contributed by atoms with Gasteiger partial charge in [0.15, 0.2) is 11.5 Å². The molecule has 2 aliphatic heterocycles. The van der Waals surface area contributed by atoms with Gasteiger partial charge in [0.05, 0.1) is 19.3 Å². The zero-order valence-electron chi connectivity index (χ0n) is 14.5. The second-order valence-corrected chi connectivity index (χ2v) is 6.57. The number of likely N-dealkylation sites (tertiary alicyclic amines) is 1. The van der Waals surface area contributed by atoms with Gasteiger partial charge in [-0.2, -0.15) is 0 Å². The van der Waals surface area contributed by atoms with Crippen LogP contribution in [0, 0.1) is 5.92 Å². The third-order valence-electron chi connectivity index (χ3n) is 5.06. The van der Waals surface area contributed by atoms with Crippen LogP contribution in [0.3, 0.4) is 0 Å². The van der Waals surface area contributed by atoms with Gasteiger partial charge < -0.3 is 19.3 Å². The van der Waals surface area contributed by atoms with Crippen molar-refractivity contribution in [3.8, 4) is 11.5 Å². The van der Waals surface area contributed by atoms with Gasteiger partial charge in [0.1, 0.15) is 6.61 Å². The first kappa shape index (κ1) is 17.5. The largest absolute Gasteiger partial charge is 0.490 e. The Morgan fingerprint density at radius 1 is 1.21 bits per heavy atom. The lowest BCUT2D eigenvalue weighted by atomic mass is 9.89. The molecule has 2 saturated heterocycles. The Morgan fingerprint density at radius 3 is 2.75 bits per heavy atom. The summed E-state index contributed by atoms with van der Waals surface area (Å²) in [4.78, 5) is 2.45. The standard InChI is InChI=1S/C19H29NO4/c1-2-23-18-7-3-4-8-19(18)24-13-11-20-10-5-6-16(20)15-14-22-12-9-17(15)21/h3-4,7-8,15-17,21H,2,5-6,9-14H2,1H3. The molecule has 5 nitrogen and oxygen atoms in total. The minimum Gasteiger partial charge on any atom is -0.490 e. The molecule has 0 amide bonds. The number of hydrogen-bond acceptors (Lipinski definition) is 5. The highest BCUT2D eigenvalue weighted by Gasteiger charge is 2.37. The molecule has 5 heteroatoms. The molecule has 2 aliphatic rings. The SMILES string of the molecule is CCOc1ccccc1OCCN1CCCC1C1COCCC1O. The molecule has 0 bridgehead atoms. The van der Waals surface area contributed by atoms with Crippen molar-refractivity contribution in [1.82, 2.24) is 4.90 Å². The molecule has 134 valence electrons. The smallest absolute Gasteiger partial charge is 0.161 e. The van der Waals surface area contributed by atoms with E-state index in [4.69, 9.17) is 14.2 Å². The number of hydrogen-bond donors (Lipinski definition) is 1. The Balaban J connectivity index is 1.52. The van der Waals surface area contributed by atoms with Gasteiger partial charge in [-0.25, -0.2) is 0 Å². The zero-order chi connectivity index (χ0) is 16.8. The summed E-state index contributed by atoms with van der Waals surface area (Å²) < 4.78 is 17.2. The minimum absolute atomic E-state index is 0.232. The number of rotatable bonds is 7. The van der Waals surface area contributed by atoms with Crippen LogP contribution in [0.25, 0.3) is 0 Å². The molecule has 1 aromatic carbocycles. The van der Waals surface area contributed by atoms with Crippen molar-refractivity contribution < 1.29 is 19.3 Å². The molecule has 0 aliphatic carbocycles. The normalized spacial score (nSPS) is 28.0. The molecule has 0 radical (unpaired) electrons. The van der Waals surface area contributed by atoms with Crippen molar-refractivity contribution in [1.29, 1.82) is 0 Å². The van der Waals surface area contributed by atoms with Gasteiger partial charge in [-0.15, -0.1) is 0 Å². The van der Waals surface area contributed by atoms with E-state index in [9.17, 15) is 5.11 Å². The summed E-state index contributed by atoms with van der Waals surface area (Å²) >= 11 is 0. The molecule has 24 heavy (non-hydrogen) atoms. The molecule has 0 saturated carbocycles. The Kier molecular flexibility index (Phi) is 6.35. The van der Waals surface area contributed by atoms with Gasteiger partial charge in [0.25, 0.3) is 0 Å². The number of ether oxygens (including phenoxy) is 3. The highest BCUT2D eigenvalue weighted by molar-refractivity contribution is 5.39. The van der Waals surface area contributed by atoms with E-state index < -0.39 is 0 Å². The van der Waals surface area contributed by atoms with E-state index in [-0.39, 0.29) is 12.0 Å². The Bertz CT molecular complexity index is 510. The van der Waals surface area contributed by atoms with E-state index in [0.29, 0.717) is 32.5 Å². The van der Waals surface area contributed by atoms with Crippen molar-refractivity contribution in [3.63, 3.8) is 0 Å². The molecule has 1 N–H and O–H groups in total. The molecule has 3 unspecified atom stereocenters. The van der Waals surface area contributed by atoms with E-state index in [1.807, 2.05) is 31.2 Å². The third kappa shape index (κ3) is 4.21. The van der Waals surface area contributed by atoms with Crippen LogP contribution in [0.5, 0.6) is 11.5 Å². The van der Waals surface area contributed by atoms with Crippen molar-refractivity contribution in [2.45, 2.75) is 38.3 Å².